The normalized spacial score (nSPS) is 13.5. The highest BCUT2D eigenvalue weighted by Gasteiger charge is 2.07. The molecule has 0 aromatic heterocycles. The summed E-state index contributed by atoms with van der Waals surface area (Å²) in [6.45, 7) is 8.04. The quantitative estimate of drug-likeness (QED) is 0.587. The highest BCUT2D eigenvalue weighted by molar-refractivity contribution is 4.66. The van der Waals surface area contributed by atoms with Crippen LogP contribution in [0.1, 0.15) is 33.1 Å². The van der Waals surface area contributed by atoms with E-state index < -0.39 is 0 Å². The summed E-state index contributed by atoms with van der Waals surface area (Å²) >= 11 is 0. The number of likely N-dealkylation sites (N-methyl/N-ethyl adjacent to an activating group) is 1. The summed E-state index contributed by atoms with van der Waals surface area (Å²) in [6.07, 6.45) is 3.56. The zero-order chi connectivity index (χ0) is 10.8. The van der Waals surface area contributed by atoms with Crippen LogP contribution < -0.4 is 5.32 Å². The minimum Gasteiger partial charge on any atom is -0.395 e. The summed E-state index contributed by atoms with van der Waals surface area (Å²) < 4.78 is 0. The largest absolute Gasteiger partial charge is 0.395 e. The first-order valence-corrected chi connectivity index (χ1v) is 5.78. The number of rotatable bonds is 9. The van der Waals surface area contributed by atoms with Crippen LogP contribution in [0.5, 0.6) is 0 Å². The van der Waals surface area contributed by atoms with Crippen LogP contribution in [0, 0.1) is 0 Å². The predicted octanol–water partition coefficient (Wildman–Crippen LogP) is 1.08. The fourth-order valence-corrected chi connectivity index (χ4v) is 1.48. The van der Waals surface area contributed by atoms with Crippen molar-refractivity contribution in [3.05, 3.63) is 0 Å². The molecule has 0 radical (unpaired) electrons. The summed E-state index contributed by atoms with van der Waals surface area (Å²) in [5, 5.41) is 12.1. The molecule has 3 heteroatoms. The number of nitrogens with one attached hydrogen (secondary N) is 1. The van der Waals surface area contributed by atoms with Crippen molar-refractivity contribution in [2.24, 2.45) is 0 Å². The van der Waals surface area contributed by atoms with Gasteiger partial charge in [-0.25, -0.2) is 0 Å². The van der Waals surface area contributed by atoms with Gasteiger partial charge >= 0.3 is 0 Å². The molecule has 0 aliphatic carbocycles. The Morgan fingerprint density at radius 3 is 2.43 bits per heavy atom. The zero-order valence-electron chi connectivity index (χ0n) is 9.92. The minimum absolute atomic E-state index is 0.238. The molecule has 0 aromatic rings. The average Bonchev–Trinajstić information content (AvgIpc) is 2.23. The molecule has 0 fully saturated rings. The average molecular weight is 202 g/mol. The van der Waals surface area contributed by atoms with E-state index in [1.54, 1.807) is 0 Å². The molecule has 0 spiro atoms. The van der Waals surface area contributed by atoms with Gasteiger partial charge in [-0.15, -0.1) is 0 Å². The van der Waals surface area contributed by atoms with Gasteiger partial charge in [0.1, 0.15) is 0 Å². The van der Waals surface area contributed by atoms with Gasteiger partial charge in [0.15, 0.2) is 0 Å². The van der Waals surface area contributed by atoms with Crippen molar-refractivity contribution in [3.63, 3.8) is 0 Å². The number of nitrogens with zero attached hydrogens (tertiary/aromatic N) is 1. The lowest BCUT2D eigenvalue weighted by Gasteiger charge is -2.22. The van der Waals surface area contributed by atoms with Crippen LogP contribution in [0.25, 0.3) is 0 Å². The van der Waals surface area contributed by atoms with E-state index in [9.17, 15) is 0 Å². The van der Waals surface area contributed by atoms with Crippen LogP contribution >= 0.6 is 0 Å². The molecule has 1 unspecified atom stereocenters. The lowest BCUT2D eigenvalue weighted by Crippen LogP contribution is -2.35. The molecule has 86 valence electrons. The van der Waals surface area contributed by atoms with Gasteiger partial charge in [0.25, 0.3) is 0 Å². The van der Waals surface area contributed by atoms with E-state index in [0.717, 1.165) is 19.5 Å². The second-order valence-electron chi connectivity index (χ2n) is 3.74. The monoisotopic (exact) mass is 202 g/mol. The number of hydrogen-bond donors (Lipinski definition) is 2. The second kappa shape index (κ2) is 9.44. The van der Waals surface area contributed by atoms with Gasteiger partial charge in [0, 0.05) is 6.04 Å². The van der Waals surface area contributed by atoms with Gasteiger partial charge < -0.3 is 15.3 Å². The molecular formula is C11H26N2O. The Hall–Kier alpha value is -0.120. The molecule has 0 bridgehead atoms. The van der Waals surface area contributed by atoms with E-state index in [1.165, 1.54) is 19.4 Å². The van der Waals surface area contributed by atoms with Gasteiger partial charge in [0.05, 0.1) is 6.61 Å². The van der Waals surface area contributed by atoms with Crippen LogP contribution in [0.3, 0.4) is 0 Å². The molecular weight excluding hydrogens is 176 g/mol. The van der Waals surface area contributed by atoms with Crippen molar-refractivity contribution < 1.29 is 5.11 Å². The zero-order valence-corrected chi connectivity index (χ0v) is 9.92. The van der Waals surface area contributed by atoms with Crippen LogP contribution in [0.4, 0.5) is 0 Å². The first-order chi connectivity index (χ1) is 6.78. The van der Waals surface area contributed by atoms with Crippen molar-refractivity contribution in [1.29, 1.82) is 0 Å². The third-order valence-corrected chi connectivity index (χ3v) is 2.70. The third kappa shape index (κ3) is 6.35. The smallest absolute Gasteiger partial charge is 0.0585 e. The first kappa shape index (κ1) is 13.9. The standard InChI is InChI=1S/C11H26N2O/c1-4-6-8-13(5-2)9-7-11(10-14)12-3/h11-12,14H,4-10H2,1-3H3. The Labute approximate surface area is 88.5 Å². The summed E-state index contributed by atoms with van der Waals surface area (Å²) in [7, 11) is 1.91. The Balaban J connectivity index is 3.59. The maximum absolute atomic E-state index is 9.01. The highest BCUT2D eigenvalue weighted by Crippen LogP contribution is 1.98. The summed E-state index contributed by atoms with van der Waals surface area (Å²) in [4.78, 5) is 2.45. The van der Waals surface area contributed by atoms with Crippen LogP contribution in [-0.4, -0.2) is 49.3 Å². The number of aliphatic hydroxyl groups excluding tert-OH is 1. The van der Waals surface area contributed by atoms with E-state index >= 15 is 0 Å². The molecule has 0 aliphatic heterocycles. The Kier molecular flexibility index (Phi) is 9.35. The lowest BCUT2D eigenvalue weighted by atomic mass is 10.2. The van der Waals surface area contributed by atoms with Crippen molar-refractivity contribution in [1.82, 2.24) is 10.2 Å². The summed E-state index contributed by atoms with van der Waals surface area (Å²) in [5.74, 6) is 0. The van der Waals surface area contributed by atoms with Crippen molar-refractivity contribution >= 4 is 0 Å². The Morgan fingerprint density at radius 2 is 2.00 bits per heavy atom. The van der Waals surface area contributed by atoms with E-state index in [-0.39, 0.29) is 12.6 Å². The van der Waals surface area contributed by atoms with E-state index in [1.807, 2.05) is 7.05 Å². The van der Waals surface area contributed by atoms with E-state index in [0.29, 0.717) is 0 Å². The van der Waals surface area contributed by atoms with Gasteiger partial charge in [-0.1, -0.05) is 20.3 Å². The Bertz CT molecular complexity index is 116. The number of aliphatic hydroxyl groups is 1. The van der Waals surface area contributed by atoms with Crippen molar-refractivity contribution in [3.8, 4) is 0 Å². The molecule has 0 amide bonds. The Morgan fingerprint density at radius 1 is 1.29 bits per heavy atom. The lowest BCUT2D eigenvalue weighted by molar-refractivity contribution is 0.212. The molecule has 3 nitrogen and oxygen atoms in total. The van der Waals surface area contributed by atoms with Crippen molar-refractivity contribution in [2.75, 3.05) is 33.3 Å². The molecule has 1 atom stereocenters. The molecule has 0 aromatic carbocycles. The second-order valence-corrected chi connectivity index (χ2v) is 3.74. The van der Waals surface area contributed by atoms with Gasteiger partial charge in [-0.2, -0.15) is 0 Å². The fourth-order valence-electron chi connectivity index (χ4n) is 1.48. The summed E-state index contributed by atoms with van der Waals surface area (Å²) in [5.41, 5.74) is 0. The predicted molar refractivity (Wildman–Crippen MR) is 61.6 cm³/mol. The number of unbranched alkanes of at least 4 members (excludes halogenated alkanes) is 1. The van der Waals surface area contributed by atoms with Gasteiger partial charge in [-0.05, 0) is 39.5 Å². The topological polar surface area (TPSA) is 35.5 Å². The molecule has 2 N–H and O–H groups in total. The molecule has 0 aliphatic rings. The van der Waals surface area contributed by atoms with Gasteiger partial charge in [0.2, 0.25) is 0 Å². The van der Waals surface area contributed by atoms with Crippen LogP contribution in [-0.2, 0) is 0 Å². The molecule has 14 heavy (non-hydrogen) atoms. The third-order valence-electron chi connectivity index (χ3n) is 2.70. The van der Waals surface area contributed by atoms with E-state index in [4.69, 9.17) is 5.11 Å². The number of hydrogen-bond acceptors (Lipinski definition) is 3. The molecule has 0 saturated heterocycles. The van der Waals surface area contributed by atoms with Crippen LogP contribution in [0.2, 0.25) is 0 Å². The fraction of sp³-hybridized carbons (Fsp3) is 1.00. The van der Waals surface area contributed by atoms with Crippen LogP contribution in [0.15, 0.2) is 0 Å². The highest BCUT2D eigenvalue weighted by atomic mass is 16.3. The summed E-state index contributed by atoms with van der Waals surface area (Å²) in [6, 6.07) is 0.255. The minimum atomic E-state index is 0.238. The SMILES string of the molecule is CCCCN(CC)CCC(CO)NC. The molecule has 0 heterocycles. The maximum Gasteiger partial charge on any atom is 0.0585 e. The first-order valence-electron chi connectivity index (χ1n) is 5.78. The van der Waals surface area contributed by atoms with E-state index in [2.05, 4.69) is 24.1 Å². The van der Waals surface area contributed by atoms with Crippen molar-refractivity contribution in [2.45, 2.75) is 39.2 Å². The van der Waals surface area contributed by atoms with Gasteiger partial charge in [-0.3, -0.25) is 0 Å². The maximum atomic E-state index is 9.01. The molecule has 0 saturated carbocycles. The molecule has 0 rings (SSSR count).